The molecule has 1 aliphatic heterocycles. The Hall–Kier alpha value is -5.74. The Morgan fingerprint density at radius 1 is 0.825 bits per heavy atom. The van der Waals surface area contributed by atoms with E-state index in [0.29, 0.717) is 5.56 Å². The Morgan fingerprint density at radius 2 is 1.41 bits per heavy atom. The Labute approximate surface area is 364 Å². The maximum absolute atomic E-state index is 15.6. The number of carbonyl (C=O) groups is 6. The third-order valence-corrected chi connectivity index (χ3v) is 13.8. The molecular weight excluding hydrogens is 815 g/mol. The average molecular weight is 868 g/mol. The fourth-order valence-electron chi connectivity index (χ4n) is 10.4. The number of hydrogen-bond acceptors (Lipinski definition) is 14. The van der Waals surface area contributed by atoms with Gasteiger partial charge in [0.1, 0.15) is 23.9 Å². The minimum atomic E-state index is -2.26. The van der Waals surface area contributed by atoms with Gasteiger partial charge < -0.3 is 44.3 Å². The zero-order valence-corrected chi connectivity index (χ0v) is 35.9. The zero-order valence-electron chi connectivity index (χ0n) is 35.9. The maximum Gasteiger partial charge on any atom is 0.338 e. The van der Waals surface area contributed by atoms with E-state index in [1.807, 2.05) is 0 Å². The Bertz CT molecular complexity index is 2300. The highest BCUT2D eigenvalue weighted by atomic mass is 16.6. The minimum absolute atomic E-state index is 0.00753. The number of benzene rings is 3. The van der Waals surface area contributed by atoms with E-state index in [4.69, 9.17) is 23.7 Å². The number of rotatable bonds is 10. The fourth-order valence-corrected chi connectivity index (χ4v) is 10.4. The van der Waals surface area contributed by atoms with Crippen molar-refractivity contribution in [3.05, 3.63) is 119 Å². The zero-order chi connectivity index (χ0) is 45.6. The first-order valence-electron chi connectivity index (χ1n) is 21.0. The lowest BCUT2D eigenvalue weighted by molar-refractivity contribution is -0.344. The monoisotopic (exact) mass is 867 g/mol. The quantitative estimate of drug-likeness (QED) is 0.128. The number of carbonyl (C=O) groups excluding carboxylic acids is 6. The molecule has 1 heterocycles. The van der Waals surface area contributed by atoms with Crippen LogP contribution in [0.2, 0.25) is 0 Å². The molecule has 3 aliphatic carbocycles. The molecule has 0 aromatic heterocycles. The summed E-state index contributed by atoms with van der Waals surface area (Å²) in [5.74, 6) is -6.63. The summed E-state index contributed by atoms with van der Waals surface area (Å²) in [4.78, 5) is 83.6. The van der Waals surface area contributed by atoms with Crippen molar-refractivity contribution in [3.63, 3.8) is 0 Å². The summed E-state index contributed by atoms with van der Waals surface area (Å²) in [5.41, 5.74) is -6.78. The molecule has 4 aliphatic rings. The number of hydrogen-bond donors (Lipinski definition) is 4. The normalized spacial score (nSPS) is 31.7. The van der Waals surface area contributed by atoms with Crippen LogP contribution in [0.25, 0.3) is 0 Å². The third-order valence-electron chi connectivity index (χ3n) is 13.8. The van der Waals surface area contributed by atoms with Crippen molar-refractivity contribution in [2.24, 2.45) is 16.7 Å². The van der Waals surface area contributed by atoms with Crippen molar-refractivity contribution in [2.45, 2.75) is 115 Å². The standard InChI is InChI=1S/C48H53NO14/c1-26-32(61-44(57)37(53)36(29-16-10-7-11-17-29)49-42(55)30-18-12-8-13-19-30)22-23-48(58)41(62-43(56)31-20-14-9-15-21-31)39-46(6,33(52)24-34-47(39,25-59-34)63-28(3)51)40(54)38(60-27(2)50)35(26)45(48,4)5/h7-21,32-34,36-39,41,52-53,58H,22-25H2,1-6H3,(H,49,55)/t32-,33-,34+,36?,37+,38+,39-,41-,46+,47-,48+/m0/s1. The number of esters is 4. The molecule has 1 saturated heterocycles. The summed E-state index contributed by atoms with van der Waals surface area (Å²) >= 11 is 0. The molecule has 3 aromatic carbocycles. The molecule has 63 heavy (non-hydrogen) atoms. The van der Waals surface area contributed by atoms with Crippen molar-refractivity contribution in [3.8, 4) is 0 Å². The van der Waals surface area contributed by atoms with Gasteiger partial charge in [-0.1, -0.05) is 80.6 Å². The molecule has 2 bridgehead atoms. The Kier molecular flexibility index (Phi) is 12.3. The number of Topliss-reactive ketones (excluding diaryl/α,β-unsaturated/α-hetero) is 1. The van der Waals surface area contributed by atoms with Crippen LogP contribution in [-0.2, 0) is 42.9 Å². The molecule has 4 N–H and O–H groups in total. The van der Waals surface area contributed by atoms with Crippen LogP contribution in [0, 0.1) is 16.7 Å². The second-order valence-electron chi connectivity index (χ2n) is 17.7. The summed E-state index contributed by atoms with van der Waals surface area (Å²) in [6.07, 6.45) is -10.2. The Balaban J connectivity index is 1.37. The van der Waals surface area contributed by atoms with Crippen LogP contribution in [-0.4, -0.2) is 105 Å². The van der Waals surface area contributed by atoms with E-state index >= 15 is 4.79 Å². The molecule has 1 unspecified atom stereocenters. The topological polar surface area (TPSA) is 221 Å². The van der Waals surface area contributed by atoms with Gasteiger partial charge in [0.15, 0.2) is 23.6 Å². The number of aliphatic hydroxyl groups is 3. The van der Waals surface area contributed by atoms with Gasteiger partial charge in [0.25, 0.3) is 5.91 Å². The molecule has 2 saturated carbocycles. The van der Waals surface area contributed by atoms with Crippen molar-refractivity contribution >= 4 is 35.6 Å². The highest BCUT2D eigenvalue weighted by Crippen LogP contribution is 2.64. The van der Waals surface area contributed by atoms with Gasteiger partial charge >= 0.3 is 23.9 Å². The summed E-state index contributed by atoms with van der Waals surface area (Å²) in [7, 11) is 0. The van der Waals surface area contributed by atoms with Crippen LogP contribution in [0.1, 0.15) is 93.1 Å². The van der Waals surface area contributed by atoms with Crippen LogP contribution in [0.3, 0.4) is 0 Å². The van der Waals surface area contributed by atoms with E-state index in [9.17, 15) is 39.3 Å². The summed E-state index contributed by atoms with van der Waals surface area (Å²) in [6, 6.07) is 23.2. The van der Waals surface area contributed by atoms with Crippen LogP contribution in [0.4, 0.5) is 0 Å². The molecule has 334 valence electrons. The van der Waals surface area contributed by atoms with Gasteiger partial charge in [0.05, 0.1) is 35.6 Å². The van der Waals surface area contributed by atoms with Crippen LogP contribution in [0.5, 0.6) is 0 Å². The van der Waals surface area contributed by atoms with Gasteiger partial charge in [-0.3, -0.25) is 19.2 Å². The molecule has 7 rings (SSSR count). The number of aliphatic hydroxyl groups excluding tert-OH is 2. The first-order valence-corrected chi connectivity index (χ1v) is 21.0. The van der Waals surface area contributed by atoms with Gasteiger partial charge in [-0.15, -0.1) is 0 Å². The molecule has 0 spiro atoms. The molecular formula is C48H53NO14. The smallest absolute Gasteiger partial charge is 0.338 e. The number of amides is 1. The van der Waals surface area contributed by atoms with E-state index in [-0.39, 0.29) is 48.1 Å². The predicted molar refractivity (Wildman–Crippen MR) is 222 cm³/mol. The lowest BCUT2D eigenvalue weighted by atomic mass is 9.46. The van der Waals surface area contributed by atoms with E-state index in [0.717, 1.165) is 6.92 Å². The minimum Gasteiger partial charge on any atom is -0.456 e. The first kappa shape index (κ1) is 45.3. The van der Waals surface area contributed by atoms with Crippen LogP contribution >= 0.6 is 0 Å². The second kappa shape index (κ2) is 17.1. The van der Waals surface area contributed by atoms with E-state index in [1.165, 1.54) is 26.0 Å². The van der Waals surface area contributed by atoms with Crippen molar-refractivity contribution < 1.29 is 67.8 Å². The van der Waals surface area contributed by atoms with Gasteiger partial charge in [0.2, 0.25) is 0 Å². The largest absolute Gasteiger partial charge is 0.456 e. The number of fused-ring (bicyclic) bond motifs is 5. The third kappa shape index (κ3) is 7.74. The lowest BCUT2D eigenvalue weighted by Crippen LogP contribution is -2.81. The summed E-state index contributed by atoms with van der Waals surface area (Å²) in [5, 5.41) is 40.3. The van der Waals surface area contributed by atoms with Crippen molar-refractivity contribution in [1.82, 2.24) is 5.32 Å². The summed E-state index contributed by atoms with van der Waals surface area (Å²) in [6.45, 7) is 8.10. The van der Waals surface area contributed by atoms with Crippen molar-refractivity contribution in [1.29, 1.82) is 0 Å². The summed E-state index contributed by atoms with van der Waals surface area (Å²) < 4.78 is 30.4. The van der Waals surface area contributed by atoms with E-state index in [1.54, 1.807) is 99.6 Å². The van der Waals surface area contributed by atoms with Crippen molar-refractivity contribution in [2.75, 3.05) is 6.61 Å². The SMILES string of the molecule is CC(=O)O[C@H]1C(=O)[C@@]2(C)[C@H]([C@H](OC(=O)c3ccccc3)[C@]3(O)CC[C@H](OC(=O)[C@H](O)C(NC(=O)c4ccccc4)c4ccccc4)C(C)=C1C3(C)C)[C@]1(OC(C)=O)CO[C@@H]1C[C@@H]2O. The molecule has 1 amide bonds. The molecule has 0 radical (unpaired) electrons. The van der Waals surface area contributed by atoms with E-state index < -0.39 is 106 Å². The number of nitrogens with one attached hydrogen (secondary N) is 1. The lowest BCUT2D eigenvalue weighted by Gasteiger charge is -2.66. The molecule has 15 heteroatoms. The highest BCUT2D eigenvalue weighted by Gasteiger charge is 2.77. The van der Waals surface area contributed by atoms with Crippen LogP contribution < -0.4 is 5.32 Å². The number of ether oxygens (including phenoxy) is 5. The van der Waals surface area contributed by atoms with Gasteiger partial charge in [-0.2, -0.15) is 0 Å². The van der Waals surface area contributed by atoms with E-state index in [2.05, 4.69) is 5.32 Å². The molecule has 3 aromatic rings. The molecule has 3 fully saturated rings. The highest BCUT2D eigenvalue weighted by molar-refractivity contribution is 5.96. The van der Waals surface area contributed by atoms with Crippen LogP contribution in [0.15, 0.2) is 102 Å². The molecule has 15 nitrogen and oxygen atoms in total. The first-order chi connectivity index (χ1) is 29.8. The fraction of sp³-hybridized carbons (Fsp3) is 0.458. The predicted octanol–water partition coefficient (Wildman–Crippen LogP) is 4.13. The van der Waals surface area contributed by atoms with Gasteiger partial charge in [-0.25, -0.2) is 9.59 Å². The average Bonchev–Trinajstić information content (AvgIpc) is 3.33. The van der Waals surface area contributed by atoms with Gasteiger partial charge in [-0.05, 0) is 67.7 Å². The van der Waals surface area contributed by atoms with Gasteiger partial charge in [0, 0.05) is 31.2 Å². The molecule has 11 atom stereocenters. The second-order valence-corrected chi connectivity index (χ2v) is 17.7. The number of ketones is 1. The Morgan fingerprint density at radius 3 is 1.97 bits per heavy atom. The maximum atomic E-state index is 15.6.